The van der Waals surface area contributed by atoms with Gasteiger partial charge >= 0.3 is 6.18 Å². The molecule has 2 aromatic heterocycles. The molecule has 0 bridgehead atoms. The van der Waals surface area contributed by atoms with Gasteiger partial charge in [-0.3, -0.25) is 4.79 Å². The number of rotatable bonds is 3. The minimum Gasteiger partial charge on any atom is -0.369 e. The van der Waals surface area contributed by atoms with Crippen LogP contribution in [0.25, 0.3) is 5.65 Å². The van der Waals surface area contributed by atoms with E-state index in [1.807, 2.05) is 11.9 Å². The number of fused-ring (bicyclic) bond motifs is 1. The molecule has 9 heteroatoms. The number of aromatic nitrogens is 2. The molecule has 0 saturated carbocycles. The van der Waals surface area contributed by atoms with E-state index in [1.54, 1.807) is 28.9 Å². The van der Waals surface area contributed by atoms with Gasteiger partial charge < -0.3 is 19.5 Å². The summed E-state index contributed by atoms with van der Waals surface area (Å²) in [7, 11) is 1.98. The van der Waals surface area contributed by atoms with Crippen LogP contribution >= 0.6 is 0 Å². The lowest BCUT2D eigenvalue weighted by Gasteiger charge is -2.34. The van der Waals surface area contributed by atoms with Crippen LogP contribution in [0.1, 0.15) is 15.9 Å². The van der Waals surface area contributed by atoms with Gasteiger partial charge in [0.25, 0.3) is 5.91 Å². The predicted octanol–water partition coefficient (Wildman–Crippen LogP) is 3.36. The molecule has 0 atom stereocenters. The van der Waals surface area contributed by atoms with Gasteiger partial charge in [-0.25, -0.2) is 4.98 Å². The van der Waals surface area contributed by atoms with Gasteiger partial charge in [0.1, 0.15) is 5.65 Å². The van der Waals surface area contributed by atoms with E-state index in [-0.39, 0.29) is 11.3 Å². The number of carbonyl (C=O) groups excluding carboxylic acids is 1. The fourth-order valence-electron chi connectivity index (χ4n) is 3.39. The quantitative estimate of drug-likeness (QED) is 0.729. The molecule has 1 aliphatic rings. The van der Waals surface area contributed by atoms with E-state index in [9.17, 15) is 18.0 Å². The van der Waals surface area contributed by atoms with Crippen LogP contribution in [0.4, 0.5) is 24.5 Å². The van der Waals surface area contributed by atoms with Crippen molar-refractivity contribution in [3.63, 3.8) is 0 Å². The first-order chi connectivity index (χ1) is 13.8. The number of benzene rings is 1. The lowest BCUT2D eigenvalue weighted by molar-refractivity contribution is -0.136. The fourth-order valence-corrected chi connectivity index (χ4v) is 3.39. The van der Waals surface area contributed by atoms with Gasteiger partial charge in [-0.15, -0.1) is 0 Å². The molecule has 1 amide bonds. The van der Waals surface area contributed by atoms with Crippen molar-refractivity contribution in [2.45, 2.75) is 6.18 Å². The molecular weight excluding hydrogens is 383 g/mol. The molecule has 6 nitrogen and oxygen atoms in total. The number of anilines is 2. The zero-order valence-corrected chi connectivity index (χ0v) is 15.8. The van der Waals surface area contributed by atoms with Crippen LogP contribution in [-0.4, -0.2) is 53.4 Å². The standard InChI is InChI=1S/C20H20F3N5O/c1-26-8-10-27(11-9-26)15-3-4-17(16(12-15)20(21,22)23)25-19(29)14-2-5-18-24-6-7-28(18)13-14/h2-7,12-13H,8-11H2,1H3,(H,25,29). The summed E-state index contributed by atoms with van der Waals surface area (Å²) < 4.78 is 42.7. The highest BCUT2D eigenvalue weighted by molar-refractivity contribution is 6.04. The molecule has 0 unspecified atom stereocenters. The minimum absolute atomic E-state index is 0.242. The van der Waals surface area contributed by atoms with Crippen LogP contribution in [0.2, 0.25) is 0 Å². The Kier molecular flexibility index (Phi) is 4.91. The Labute approximate surface area is 165 Å². The first kappa shape index (κ1) is 19.3. The molecule has 4 rings (SSSR count). The Hall–Kier alpha value is -3.07. The molecule has 1 aliphatic heterocycles. The maximum Gasteiger partial charge on any atom is 0.418 e. The molecular formula is C20H20F3N5O. The second-order valence-corrected chi connectivity index (χ2v) is 7.08. The third-order valence-electron chi connectivity index (χ3n) is 5.08. The number of pyridine rings is 1. The van der Waals surface area contributed by atoms with Gasteiger partial charge in [0.15, 0.2) is 0 Å². The van der Waals surface area contributed by atoms with Gasteiger partial charge in [0.05, 0.1) is 16.8 Å². The lowest BCUT2D eigenvalue weighted by Crippen LogP contribution is -2.44. The van der Waals surface area contributed by atoms with Crippen molar-refractivity contribution in [3.8, 4) is 0 Å². The monoisotopic (exact) mass is 403 g/mol. The van der Waals surface area contributed by atoms with E-state index in [0.29, 0.717) is 24.4 Å². The highest BCUT2D eigenvalue weighted by Crippen LogP contribution is 2.37. The topological polar surface area (TPSA) is 52.9 Å². The molecule has 1 aromatic carbocycles. The summed E-state index contributed by atoms with van der Waals surface area (Å²) in [6.07, 6.45) is 0.191. The number of halogens is 3. The average molecular weight is 403 g/mol. The van der Waals surface area contributed by atoms with Gasteiger partial charge in [-0.1, -0.05) is 0 Å². The summed E-state index contributed by atoms with van der Waals surface area (Å²) in [6.45, 7) is 2.89. The fraction of sp³-hybridized carbons (Fsp3) is 0.300. The molecule has 1 fully saturated rings. The van der Waals surface area contributed by atoms with Crippen LogP contribution in [0.15, 0.2) is 48.9 Å². The molecule has 0 aliphatic carbocycles. The zero-order valence-electron chi connectivity index (χ0n) is 15.8. The number of likely N-dealkylation sites (N-methyl/N-ethyl adjacent to an activating group) is 1. The van der Waals surface area contributed by atoms with Crippen LogP contribution < -0.4 is 10.2 Å². The molecule has 3 aromatic rings. The predicted molar refractivity (Wildman–Crippen MR) is 104 cm³/mol. The number of amides is 1. The molecule has 152 valence electrons. The number of carbonyl (C=O) groups is 1. The third kappa shape index (κ3) is 4.04. The van der Waals surface area contributed by atoms with E-state index in [2.05, 4.69) is 15.2 Å². The summed E-state index contributed by atoms with van der Waals surface area (Å²) in [6, 6.07) is 7.22. The highest BCUT2D eigenvalue weighted by Gasteiger charge is 2.35. The van der Waals surface area contributed by atoms with Crippen molar-refractivity contribution >= 4 is 22.9 Å². The van der Waals surface area contributed by atoms with Crippen molar-refractivity contribution in [1.29, 1.82) is 0 Å². The van der Waals surface area contributed by atoms with Crippen molar-refractivity contribution in [1.82, 2.24) is 14.3 Å². The van der Waals surface area contributed by atoms with Gasteiger partial charge in [-0.2, -0.15) is 13.2 Å². The van der Waals surface area contributed by atoms with Crippen molar-refractivity contribution in [2.75, 3.05) is 43.4 Å². The Bertz CT molecular complexity index is 1040. The molecule has 3 heterocycles. The molecule has 1 N–H and O–H groups in total. The second-order valence-electron chi connectivity index (χ2n) is 7.08. The van der Waals surface area contributed by atoms with Gasteiger partial charge in [0, 0.05) is 50.5 Å². The molecule has 1 saturated heterocycles. The number of alkyl halides is 3. The van der Waals surface area contributed by atoms with Crippen LogP contribution in [-0.2, 0) is 6.18 Å². The molecule has 29 heavy (non-hydrogen) atoms. The van der Waals surface area contributed by atoms with Crippen LogP contribution in [0.5, 0.6) is 0 Å². The van der Waals surface area contributed by atoms with E-state index in [1.165, 1.54) is 18.3 Å². The normalized spacial score (nSPS) is 15.7. The Morgan fingerprint density at radius 3 is 2.59 bits per heavy atom. The number of hydrogen-bond donors (Lipinski definition) is 1. The van der Waals surface area contributed by atoms with Crippen LogP contribution in [0, 0.1) is 0 Å². The minimum atomic E-state index is -4.58. The van der Waals surface area contributed by atoms with Crippen molar-refractivity contribution in [3.05, 3.63) is 60.0 Å². The SMILES string of the molecule is CN1CCN(c2ccc(NC(=O)c3ccc4nccn4c3)c(C(F)(F)F)c2)CC1. The Balaban J connectivity index is 1.61. The third-order valence-corrected chi connectivity index (χ3v) is 5.08. The molecule has 0 radical (unpaired) electrons. The Morgan fingerprint density at radius 2 is 1.86 bits per heavy atom. The summed E-state index contributed by atoms with van der Waals surface area (Å²) in [5.41, 5.74) is 0.279. The average Bonchev–Trinajstić information content (AvgIpc) is 3.16. The Morgan fingerprint density at radius 1 is 1.10 bits per heavy atom. The number of piperazine rings is 1. The largest absolute Gasteiger partial charge is 0.418 e. The maximum absolute atomic E-state index is 13.7. The molecule has 0 spiro atoms. The summed E-state index contributed by atoms with van der Waals surface area (Å²) in [5.74, 6) is -0.613. The number of nitrogens with zero attached hydrogens (tertiary/aromatic N) is 4. The second kappa shape index (κ2) is 7.40. The lowest BCUT2D eigenvalue weighted by atomic mass is 10.1. The zero-order chi connectivity index (χ0) is 20.6. The number of imidazole rings is 1. The van der Waals surface area contributed by atoms with Crippen molar-refractivity contribution < 1.29 is 18.0 Å². The van der Waals surface area contributed by atoms with E-state index in [4.69, 9.17) is 0 Å². The van der Waals surface area contributed by atoms with E-state index < -0.39 is 17.6 Å². The first-order valence-corrected chi connectivity index (χ1v) is 9.20. The summed E-state index contributed by atoms with van der Waals surface area (Å²) in [4.78, 5) is 20.7. The van der Waals surface area contributed by atoms with Gasteiger partial charge in [-0.05, 0) is 37.4 Å². The summed E-state index contributed by atoms with van der Waals surface area (Å²) in [5, 5.41) is 2.41. The highest BCUT2D eigenvalue weighted by atomic mass is 19.4. The van der Waals surface area contributed by atoms with E-state index in [0.717, 1.165) is 19.2 Å². The van der Waals surface area contributed by atoms with E-state index >= 15 is 0 Å². The maximum atomic E-state index is 13.7. The first-order valence-electron chi connectivity index (χ1n) is 9.20. The number of nitrogens with one attached hydrogen (secondary N) is 1. The van der Waals surface area contributed by atoms with Crippen LogP contribution in [0.3, 0.4) is 0 Å². The number of hydrogen-bond acceptors (Lipinski definition) is 4. The van der Waals surface area contributed by atoms with Gasteiger partial charge in [0.2, 0.25) is 0 Å². The smallest absolute Gasteiger partial charge is 0.369 e. The summed E-state index contributed by atoms with van der Waals surface area (Å²) >= 11 is 0. The van der Waals surface area contributed by atoms with Crippen molar-refractivity contribution in [2.24, 2.45) is 0 Å².